The van der Waals surface area contributed by atoms with Gasteiger partial charge in [-0.2, -0.15) is 4.68 Å². The Labute approximate surface area is 126 Å². The van der Waals surface area contributed by atoms with Crippen molar-refractivity contribution in [3.8, 4) is 5.75 Å². The van der Waals surface area contributed by atoms with Crippen molar-refractivity contribution in [2.75, 3.05) is 5.32 Å². The van der Waals surface area contributed by atoms with Gasteiger partial charge in [-0.3, -0.25) is 4.79 Å². The van der Waals surface area contributed by atoms with Gasteiger partial charge in [-0.1, -0.05) is 13.0 Å². The molecule has 0 bridgehead atoms. The summed E-state index contributed by atoms with van der Waals surface area (Å²) in [5.41, 5.74) is 1.10. The second-order valence-electron chi connectivity index (χ2n) is 5.02. The van der Waals surface area contributed by atoms with Gasteiger partial charge < -0.3 is 20.5 Å². The lowest BCUT2D eigenvalue weighted by molar-refractivity contribution is -0.389. The molecule has 0 fully saturated rings. The fourth-order valence-electron chi connectivity index (χ4n) is 1.96. The predicted molar refractivity (Wildman–Crippen MR) is 79.5 cm³/mol. The molecule has 0 spiro atoms. The van der Waals surface area contributed by atoms with E-state index < -0.39 is 10.8 Å². The second-order valence-corrected chi connectivity index (χ2v) is 5.02. The highest BCUT2D eigenvalue weighted by molar-refractivity contribution is 5.92. The third kappa shape index (κ3) is 3.60. The predicted octanol–water partition coefficient (Wildman–Crippen LogP) is 2.08. The van der Waals surface area contributed by atoms with Crippen LogP contribution < -0.4 is 5.32 Å². The highest BCUT2D eigenvalue weighted by Gasteiger charge is 2.20. The number of phenolic OH excluding ortho intramolecular Hbond substituents is 1. The standard InChI is InChI=1S/C14H16N4O4/c1-9(8-17-10(2)6-13(16-17)18(21)22)14(20)15-11-4-3-5-12(19)7-11/h3-7,9,19H,8H2,1-2H3,(H,15,20). The normalized spacial score (nSPS) is 11.9. The molecule has 1 amide bonds. The average Bonchev–Trinajstić information content (AvgIpc) is 2.80. The molecule has 2 rings (SSSR count). The van der Waals surface area contributed by atoms with Gasteiger partial charge in [0.15, 0.2) is 0 Å². The molecular formula is C14H16N4O4. The van der Waals surface area contributed by atoms with Crippen LogP contribution in [0.25, 0.3) is 0 Å². The number of phenols is 1. The smallest absolute Gasteiger partial charge is 0.390 e. The summed E-state index contributed by atoms with van der Waals surface area (Å²) < 4.78 is 1.44. The molecule has 2 N–H and O–H groups in total. The van der Waals surface area contributed by atoms with Crippen LogP contribution in [0.3, 0.4) is 0 Å². The number of rotatable bonds is 5. The van der Waals surface area contributed by atoms with Gasteiger partial charge in [-0.25, -0.2) is 0 Å². The largest absolute Gasteiger partial charge is 0.508 e. The molecule has 1 aromatic carbocycles. The van der Waals surface area contributed by atoms with Crippen LogP contribution in [0.15, 0.2) is 30.3 Å². The van der Waals surface area contributed by atoms with Crippen molar-refractivity contribution >= 4 is 17.4 Å². The maximum atomic E-state index is 12.1. The number of amides is 1. The molecule has 0 aliphatic rings. The molecule has 0 saturated carbocycles. The van der Waals surface area contributed by atoms with Gasteiger partial charge in [0.25, 0.3) is 0 Å². The number of nitrogens with zero attached hydrogens (tertiary/aromatic N) is 3. The first-order valence-corrected chi connectivity index (χ1v) is 6.65. The van der Waals surface area contributed by atoms with Crippen molar-refractivity contribution in [1.29, 1.82) is 0 Å². The molecule has 1 aromatic heterocycles. The molecule has 8 heteroatoms. The first kappa shape index (κ1) is 15.5. The summed E-state index contributed by atoms with van der Waals surface area (Å²) in [6.45, 7) is 3.62. The summed E-state index contributed by atoms with van der Waals surface area (Å²) in [5, 5.41) is 26.6. The van der Waals surface area contributed by atoms with Gasteiger partial charge in [0, 0.05) is 11.8 Å². The number of hydrogen-bond donors (Lipinski definition) is 2. The van der Waals surface area contributed by atoms with E-state index >= 15 is 0 Å². The van der Waals surface area contributed by atoms with E-state index in [1.165, 1.54) is 22.9 Å². The van der Waals surface area contributed by atoms with Crippen molar-refractivity contribution in [3.63, 3.8) is 0 Å². The number of aromatic hydroxyl groups is 1. The van der Waals surface area contributed by atoms with Gasteiger partial charge in [-0.05, 0) is 24.0 Å². The van der Waals surface area contributed by atoms with E-state index in [9.17, 15) is 20.0 Å². The number of benzene rings is 1. The number of carbonyl (C=O) groups excluding carboxylic acids is 1. The Bertz CT molecular complexity index is 711. The minimum Gasteiger partial charge on any atom is -0.508 e. The monoisotopic (exact) mass is 304 g/mol. The number of nitro groups is 1. The van der Waals surface area contributed by atoms with E-state index in [1.807, 2.05) is 0 Å². The highest BCUT2D eigenvalue weighted by atomic mass is 16.6. The third-order valence-corrected chi connectivity index (χ3v) is 3.16. The van der Waals surface area contributed by atoms with Crippen LogP contribution >= 0.6 is 0 Å². The maximum Gasteiger partial charge on any atom is 0.390 e. The number of carbonyl (C=O) groups is 1. The van der Waals surface area contributed by atoms with Crippen LogP contribution in [0, 0.1) is 23.0 Å². The quantitative estimate of drug-likeness (QED) is 0.649. The molecule has 0 aliphatic carbocycles. The number of anilines is 1. The molecule has 116 valence electrons. The van der Waals surface area contributed by atoms with Gasteiger partial charge >= 0.3 is 5.82 Å². The van der Waals surface area contributed by atoms with Crippen molar-refractivity contribution in [1.82, 2.24) is 9.78 Å². The van der Waals surface area contributed by atoms with Gasteiger partial charge in [-0.15, -0.1) is 0 Å². The summed E-state index contributed by atoms with van der Waals surface area (Å²) in [4.78, 5) is 22.2. The molecule has 2 aromatic rings. The first-order chi connectivity index (χ1) is 10.4. The number of aromatic nitrogens is 2. The molecule has 0 saturated heterocycles. The summed E-state index contributed by atoms with van der Waals surface area (Å²) >= 11 is 0. The maximum absolute atomic E-state index is 12.1. The molecule has 1 atom stereocenters. The van der Waals surface area contributed by atoms with E-state index in [0.717, 1.165) is 0 Å². The highest BCUT2D eigenvalue weighted by Crippen LogP contribution is 2.17. The lowest BCUT2D eigenvalue weighted by Gasteiger charge is -2.11. The second kappa shape index (κ2) is 6.25. The van der Waals surface area contributed by atoms with Crippen LogP contribution in [0.5, 0.6) is 5.75 Å². The van der Waals surface area contributed by atoms with Crippen LogP contribution in [-0.2, 0) is 11.3 Å². The van der Waals surface area contributed by atoms with Crippen LogP contribution in [-0.4, -0.2) is 25.7 Å². The van der Waals surface area contributed by atoms with Crippen LogP contribution in [0.4, 0.5) is 11.5 Å². The Hall–Kier alpha value is -2.90. The summed E-state index contributed by atoms with van der Waals surface area (Å²) in [6, 6.07) is 7.59. The van der Waals surface area contributed by atoms with Gasteiger partial charge in [0.1, 0.15) is 5.75 Å². The summed E-state index contributed by atoms with van der Waals surface area (Å²) in [7, 11) is 0. The Balaban J connectivity index is 2.04. The number of aryl methyl sites for hydroxylation is 1. The molecule has 1 heterocycles. The first-order valence-electron chi connectivity index (χ1n) is 6.65. The number of hydrogen-bond acceptors (Lipinski definition) is 5. The zero-order valence-corrected chi connectivity index (χ0v) is 12.2. The fraction of sp³-hybridized carbons (Fsp3) is 0.286. The Morgan fingerprint density at radius 3 is 2.82 bits per heavy atom. The van der Waals surface area contributed by atoms with Crippen molar-refractivity contribution in [2.45, 2.75) is 20.4 Å². The SMILES string of the molecule is Cc1cc([N+](=O)[O-])nn1CC(C)C(=O)Nc1cccc(O)c1. The zero-order chi connectivity index (χ0) is 16.3. The minimum atomic E-state index is -0.568. The van der Waals surface area contributed by atoms with E-state index in [0.29, 0.717) is 11.4 Å². The fourth-order valence-corrected chi connectivity index (χ4v) is 1.96. The minimum absolute atomic E-state index is 0.0593. The third-order valence-electron chi connectivity index (χ3n) is 3.16. The Kier molecular flexibility index (Phi) is 4.40. The summed E-state index contributed by atoms with van der Waals surface area (Å²) in [6.07, 6.45) is 0. The molecule has 0 radical (unpaired) electrons. The van der Waals surface area contributed by atoms with Gasteiger partial charge in [0.05, 0.1) is 29.3 Å². The Morgan fingerprint density at radius 2 is 2.23 bits per heavy atom. The molecule has 8 nitrogen and oxygen atoms in total. The lowest BCUT2D eigenvalue weighted by atomic mass is 10.1. The Morgan fingerprint density at radius 1 is 1.50 bits per heavy atom. The van der Waals surface area contributed by atoms with E-state index in [2.05, 4.69) is 10.4 Å². The van der Waals surface area contributed by atoms with Crippen molar-refractivity contribution in [3.05, 3.63) is 46.1 Å². The molecular weight excluding hydrogens is 288 g/mol. The lowest BCUT2D eigenvalue weighted by Crippen LogP contribution is -2.25. The van der Waals surface area contributed by atoms with E-state index in [4.69, 9.17) is 0 Å². The molecule has 0 aliphatic heterocycles. The summed E-state index contributed by atoms with van der Waals surface area (Å²) in [5.74, 6) is -0.884. The topological polar surface area (TPSA) is 110 Å². The van der Waals surface area contributed by atoms with E-state index in [1.54, 1.807) is 26.0 Å². The zero-order valence-electron chi connectivity index (χ0n) is 12.2. The van der Waals surface area contributed by atoms with E-state index in [-0.39, 0.29) is 24.0 Å². The van der Waals surface area contributed by atoms with Crippen molar-refractivity contribution < 1.29 is 14.8 Å². The van der Waals surface area contributed by atoms with Crippen LogP contribution in [0.2, 0.25) is 0 Å². The molecule has 1 unspecified atom stereocenters. The molecule has 22 heavy (non-hydrogen) atoms. The van der Waals surface area contributed by atoms with Crippen LogP contribution in [0.1, 0.15) is 12.6 Å². The van der Waals surface area contributed by atoms with Gasteiger partial charge in [0.2, 0.25) is 5.91 Å². The van der Waals surface area contributed by atoms with Crippen molar-refractivity contribution in [2.24, 2.45) is 5.92 Å². The average molecular weight is 304 g/mol. The number of nitrogens with one attached hydrogen (secondary N) is 1.